The molecule has 1 amide bonds. The minimum atomic E-state index is 0.110. The maximum atomic E-state index is 11.4. The van der Waals surface area contributed by atoms with E-state index in [0.29, 0.717) is 6.54 Å². The Morgan fingerprint density at radius 2 is 2.07 bits per heavy atom. The van der Waals surface area contributed by atoms with Gasteiger partial charge in [-0.25, -0.2) is 0 Å². The molecule has 1 N–H and O–H groups in total. The van der Waals surface area contributed by atoms with Crippen molar-refractivity contribution in [3.8, 4) is 0 Å². The van der Waals surface area contributed by atoms with Gasteiger partial charge >= 0.3 is 0 Å². The molecule has 0 aromatic heterocycles. The first-order chi connectivity index (χ1) is 6.74. The van der Waals surface area contributed by atoms with Crippen molar-refractivity contribution >= 4 is 13.8 Å². The minimum absolute atomic E-state index is 0.110. The molecule has 14 heavy (non-hydrogen) atoms. The largest absolute Gasteiger partial charge is 0.352 e. The first-order valence-corrected chi connectivity index (χ1v) is 5.05. The Hall–Kier alpha value is -1.25. The summed E-state index contributed by atoms with van der Waals surface area (Å²) in [6.45, 7) is 2.65. The van der Waals surface area contributed by atoms with E-state index in [2.05, 4.69) is 5.32 Å². The van der Waals surface area contributed by atoms with Gasteiger partial charge in [-0.3, -0.25) is 4.79 Å². The van der Waals surface area contributed by atoms with Crippen LogP contribution in [0.15, 0.2) is 30.3 Å². The monoisotopic (exact) mass is 189 g/mol. The first-order valence-electron chi connectivity index (χ1n) is 5.05. The average molecular weight is 189 g/mol. The molecule has 1 aromatic rings. The highest BCUT2D eigenvalue weighted by molar-refractivity contribution is 6.23. The van der Waals surface area contributed by atoms with E-state index in [1.54, 1.807) is 0 Å². The number of benzene rings is 1. The van der Waals surface area contributed by atoms with Gasteiger partial charge in [-0.1, -0.05) is 43.7 Å². The van der Waals surface area contributed by atoms with Crippen molar-refractivity contribution in [3.05, 3.63) is 35.9 Å². The Kier molecular flexibility index (Phi) is 4.24. The fraction of sp³-hybridized carbons (Fsp3) is 0.364. The zero-order chi connectivity index (χ0) is 10.4. The van der Waals surface area contributed by atoms with E-state index in [1.165, 1.54) is 0 Å². The Balaban J connectivity index is 2.38. The van der Waals surface area contributed by atoms with Crippen LogP contribution in [0.5, 0.6) is 0 Å². The van der Waals surface area contributed by atoms with E-state index in [9.17, 15) is 4.79 Å². The van der Waals surface area contributed by atoms with Crippen molar-refractivity contribution in [2.45, 2.75) is 25.7 Å². The SMILES string of the molecule is B[C@H](CC)C(=O)NCc1ccccc1. The predicted octanol–water partition coefficient (Wildman–Crippen LogP) is 1.13. The summed E-state index contributed by atoms with van der Waals surface area (Å²) in [4.78, 5) is 11.4. The van der Waals surface area contributed by atoms with Gasteiger partial charge in [0.15, 0.2) is 0 Å². The van der Waals surface area contributed by atoms with Crippen LogP contribution < -0.4 is 5.32 Å². The van der Waals surface area contributed by atoms with Gasteiger partial charge in [0, 0.05) is 12.4 Å². The highest BCUT2D eigenvalue weighted by Crippen LogP contribution is 2.04. The van der Waals surface area contributed by atoms with Gasteiger partial charge in [-0.05, 0) is 5.56 Å². The van der Waals surface area contributed by atoms with Crippen LogP contribution in [0.2, 0.25) is 5.82 Å². The fourth-order valence-corrected chi connectivity index (χ4v) is 1.14. The third-order valence-electron chi connectivity index (χ3n) is 2.37. The van der Waals surface area contributed by atoms with Gasteiger partial charge in [0.2, 0.25) is 5.91 Å². The van der Waals surface area contributed by atoms with Crippen LogP contribution in [0.1, 0.15) is 18.9 Å². The number of hydrogen-bond acceptors (Lipinski definition) is 1. The van der Waals surface area contributed by atoms with Crippen molar-refractivity contribution in [2.75, 3.05) is 0 Å². The summed E-state index contributed by atoms with van der Waals surface area (Å²) in [6.07, 6.45) is 0.890. The molecular weight excluding hydrogens is 173 g/mol. The topological polar surface area (TPSA) is 29.1 Å². The van der Waals surface area contributed by atoms with E-state index in [0.717, 1.165) is 12.0 Å². The summed E-state index contributed by atoms with van der Waals surface area (Å²) in [7, 11) is 1.94. The highest BCUT2D eigenvalue weighted by atomic mass is 16.1. The van der Waals surface area contributed by atoms with Crippen molar-refractivity contribution in [2.24, 2.45) is 0 Å². The third-order valence-corrected chi connectivity index (χ3v) is 2.37. The molecule has 0 aliphatic heterocycles. The number of nitrogens with one attached hydrogen (secondary N) is 1. The van der Waals surface area contributed by atoms with Crippen LogP contribution in [-0.2, 0) is 11.3 Å². The number of rotatable bonds is 4. The second-order valence-electron chi connectivity index (χ2n) is 3.51. The zero-order valence-corrected chi connectivity index (χ0v) is 8.79. The molecule has 0 aliphatic carbocycles. The average Bonchev–Trinajstić information content (AvgIpc) is 2.26. The molecule has 0 aliphatic rings. The minimum Gasteiger partial charge on any atom is -0.352 e. The van der Waals surface area contributed by atoms with E-state index < -0.39 is 0 Å². The van der Waals surface area contributed by atoms with Gasteiger partial charge in [-0.2, -0.15) is 0 Å². The molecule has 1 atom stereocenters. The molecule has 0 unspecified atom stereocenters. The van der Waals surface area contributed by atoms with Crippen molar-refractivity contribution in [1.82, 2.24) is 5.32 Å². The van der Waals surface area contributed by atoms with Gasteiger partial charge in [-0.15, -0.1) is 0 Å². The molecule has 0 saturated heterocycles. The normalized spacial score (nSPS) is 12.1. The molecule has 2 nitrogen and oxygen atoms in total. The second-order valence-corrected chi connectivity index (χ2v) is 3.51. The number of carbonyl (C=O) groups excluding carboxylic acids is 1. The maximum Gasteiger partial charge on any atom is 0.215 e. The summed E-state index contributed by atoms with van der Waals surface area (Å²) in [5.74, 6) is 0.245. The van der Waals surface area contributed by atoms with E-state index >= 15 is 0 Å². The summed E-state index contributed by atoms with van der Waals surface area (Å²) in [5, 5.41) is 2.91. The molecule has 0 radical (unpaired) electrons. The molecule has 0 bridgehead atoms. The van der Waals surface area contributed by atoms with Crippen LogP contribution in [-0.4, -0.2) is 13.8 Å². The first kappa shape index (κ1) is 10.8. The summed E-state index contributed by atoms with van der Waals surface area (Å²) in [5.41, 5.74) is 1.14. The highest BCUT2D eigenvalue weighted by Gasteiger charge is 2.08. The lowest BCUT2D eigenvalue weighted by Crippen LogP contribution is -2.26. The third kappa shape index (κ3) is 3.25. The molecule has 74 valence electrons. The van der Waals surface area contributed by atoms with Crippen LogP contribution >= 0.6 is 0 Å². The van der Waals surface area contributed by atoms with E-state index in [-0.39, 0.29) is 11.7 Å². The fourth-order valence-electron chi connectivity index (χ4n) is 1.14. The quantitative estimate of drug-likeness (QED) is 0.707. The van der Waals surface area contributed by atoms with Crippen LogP contribution in [0.25, 0.3) is 0 Å². The maximum absolute atomic E-state index is 11.4. The molecule has 0 saturated carbocycles. The molecule has 1 aromatic carbocycles. The van der Waals surface area contributed by atoms with Crippen LogP contribution in [0, 0.1) is 0 Å². The Morgan fingerprint density at radius 3 is 2.64 bits per heavy atom. The second kappa shape index (κ2) is 5.48. The lowest BCUT2D eigenvalue weighted by atomic mass is 9.84. The molecular formula is C11H16BNO. The van der Waals surface area contributed by atoms with Crippen LogP contribution in [0.4, 0.5) is 0 Å². The van der Waals surface area contributed by atoms with Crippen LogP contribution in [0.3, 0.4) is 0 Å². The summed E-state index contributed by atoms with van der Waals surface area (Å²) in [6, 6.07) is 9.95. The Morgan fingerprint density at radius 1 is 1.43 bits per heavy atom. The van der Waals surface area contributed by atoms with Crippen molar-refractivity contribution in [3.63, 3.8) is 0 Å². The van der Waals surface area contributed by atoms with Gasteiger partial charge < -0.3 is 5.32 Å². The molecule has 0 spiro atoms. The number of hydrogen-bond donors (Lipinski definition) is 1. The van der Waals surface area contributed by atoms with Crippen molar-refractivity contribution in [1.29, 1.82) is 0 Å². The lowest BCUT2D eigenvalue weighted by molar-refractivity contribution is -0.121. The summed E-state index contributed by atoms with van der Waals surface area (Å²) < 4.78 is 0. The smallest absolute Gasteiger partial charge is 0.215 e. The molecule has 3 heteroatoms. The molecule has 0 fully saturated rings. The van der Waals surface area contributed by atoms with E-state index in [4.69, 9.17) is 0 Å². The Labute approximate surface area is 86.1 Å². The van der Waals surface area contributed by atoms with Gasteiger partial charge in [0.25, 0.3) is 0 Å². The van der Waals surface area contributed by atoms with Gasteiger partial charge in [0.05, 0.1) is 0 Å². The zero-order valence-electron chi connectivity index (χ0n) is 8.79. The summed E-state index contributed by atoms with van der Waals surface area (Å²) >= 11 is 0. The molecule has 0 heterocycles. The number of amides is 1. The van der Waals surface area contributed by atoms with Crippen molar-refractivity contribution < 1.29 is 4.79 Å². The number of carbonyl (C=O) groups is 1. The standard InChI is InChI=1S/C11H16BNO/c1-2-10(12)11(14)13-8-9-6-4-3-5-7-9/h3-7,10H,2,8,12H2,1H3,(H,13,14)/t10-/m1/s1. The molecule has 1 rings (SSSR count). The Bertz CT molecular complexity index is 287. The van der Waals surface area contributed by atoms with E-state index in [1.807, 2.05) is 45.1 Å². The predicted molar refractivity (Wildman–Crippen MR) is 60.9 cm³/mol. The lowest BCUT2D eigenvalue weighted by Gasteiger charge is -2.09. The van der Waals surface area contributed by atoms with Gasteiger partial charge in [0.1, 0.15) is 7.85 Å².